The van der Waals surface area contributed by atoms with Gasteiger partial charge in [0.15, 0.2) is 5.16 Å². The predicted octanol–water partition coefficient (Wildman–Crippen LogP) is 0.381. The lowest BCUT2D eigenvalue weighted by atomic mass is 10.4. The zero-order chi connectivity index (χ0) is 14.7. The number of amides is 1. The molecule has 0 aromatic carbocycles. The van der Waals surface area contributed by atoms with Crippen LogP contribution in [0.1, 0.15) is 0 Å². The normalized spacial score (nSPS) is 10.7. The molecule has 9 heteroatoms. The molecule has 0 aliphatic rings. The molecule has 0 saturated carbocycles. The number of hydrogen-bond donors (Lipinski definition) is 2. The number of carbonyl (C=O) groups is 2. The Morgan fingerprint density at radius 3 is 2.95 bits per heavy atom. The van der Waals surface area contributed by atoms with Crippen molar-refractivity contribution in [3.63, 3.8) is 0 Å². The molecule has 0 aliphatic carbocycles. The van der Waals surface area contributed by atoms with Crippen molar-refractivity contribution in [2.24, 2.45) is 0 Å². The SMILES string of the molecule is CNC(=O)Cn1c(SCC(=O)O)nc2sccc2c1=O. The number of carbonyl (C=O) groups excluding carboxylic acids is 1. The minimum absolute atomic E-state index is 0.184. The topological polar surface area (TPSA) is 101 Å². The fourth-order valence-electron chi connectivity index (χ4n) is 1.53. The number of likely N-dealkylation sites (N-methyl/N-ethyl adjacent to an activating group) is 1. The van der Waals surface area contributed by atoms with Gasteiger partial charge in [0.05, 0.1) is 11.1 Å². The quantitative estimate of drug-likeness (QED) is 0.611. The van der Waals surface area contributed by atoms with Crippen molar-refractivity contribution >= 4 is 45.2 Å². The highest BCUT2D eigenvalue weighted by Crippen LogP contribution is 2.20. The molecule has 0 atom stereocenters. The second-order valence-electron chi connectivity index (χ2n) is 3.78. The number of nitrogens with zero attached hydrogens (tertiary/aromatic N) is 2. The van der Waals surface area contributed by atoms with Crippen LogP contribution in [0.3, 0.4) is 0 Å². The molecule has 106 valence electrons. The maximum Gasteiger partial charge on any atom is 0.313 e. The van der Waals surface area contributed by atoms with Crippen LogP contribution < -0.4 is 10.9 Å². The molecule has 0 bridgehead atoms. The third-order valence-electron chi connectivity index (χ3n) is 2.45. The molecule has 0 unspecified atom stereocenters. The average molecular weight is 313 g/mol. The average Bonchev–Trinajstić information content (AvgIpc) is 2.88. The number of nitrogens with one attached hydrogen (secondary N) is 1. The molecule has 1 amide bonds. The van der Waals surface area contributed by atoms with Crippen LogP contribution in [-0.4, -0.2) is 39.3 Å². The third kappa shape index (κ3) is 2.99. The molecular weight excluding hydrogens is 302 g/mol. The van der Waals surface area contributed by atoms with Gasteiger partial charge in [0.1, 0.15) is 11.4 Å². The van der Waals surface area contributed by atoms with E-state index in [1.165, 1.54) is 23.0 Å². The first kappa shape index (κ1) is 14.5. The number of thioether (sulfide) groups is 1. The lowest BCUT2D eigenvalue weighted by molar-refractivity contribution is -0.133. The third-order valence-corrected chi connectivity index (χ3v) is 4.22. The van der Waals surface area contributed by atoms with Crippen molar-refractivity contribution in [3.8, 4) is 0 Å². The van der Waals surface area contributed by atoms with Gasteiger partial charge in [0.25, 0.3) is 5.56 Å². The van der Waals surface area contributed by atoms with Gasteiger partial charge in [0.2, 0.25) is 5.91 Å². The number of rotatable bonds is 5. The number of aromatic nitrogens is 2. The maximum absolute atomic E-state index is 12.3. The molecule has 2 heterocycles. The molecule has 0 fully saturated rings. The van der Waals surface area contributed by atoms with Gasteiger partial charge in [-0.25, -0.2) is 4.98 Å². The summed E-state index contributed by atoms with van der Waals surface area (Å²) < 4.78 is 1.20. The number of carboxylic acid groups (broad SMARTS) is 1. The Morgan fingerprint density at radius 2 is 2.30 bits per heavy atom. The second-order valence-corrected chi connectivity index (χ2v) is 5.62. The summed E-state index contributed by atoms with van der Waals surface area (Å²) >= 11 is 2.22. The highest BCUT2D eigenvalue weighted by atomic mass is 32.2. The smallest absolute Gasteiger partial charge is 0.313 e. The fraction of sp³-hybridized carbons (Fsp3) is 0.273. The van der Waals surface area contributed by atoms with Crippen LogP contribution in [-0.2, 0) is 16.1 Å². The Morgan fingerprint density at radius 1 is 1.55 bits per heavy atom. The van der Waals surface area contributed by atoms with Crippen LogP contribution in [0.2, 0.25) is 0 Å². The van der Waals surface area contributed by atoms with Gasteiger partial charge in [-0.3, -0.25) is 19.0 Å². The zero-order valence-electron chi connectivity index (χ0n) is 10.5. The van der Waals surface area contributed by atoms with Crippen LogP contribution in [0.25, 0.3) is 10.2 Å². The van der Waals surface area contributed by atoms with Crippen molar-refractivity contribution in [2.75, 3.05) is 12.8 Å². The molecule has 0 spiro atoms. The Labute approximate surface area is 121 Å². The van der Waals surface area contributed by atoms with E-state index >= 15 is 0 Å². The fourth-order valence-corrected chi connectivity index (χ4v) is 3.05. The Hall–Kier alpha value is -1.87. The van der Waals surface area contributed by atoms with E-state index in [9.17, 15) is 14.4 Å². The van der Waals surface area contributed by atoms with E-state index < -0.39 is 5.97 Å². The van der Waals surface area contributed by atoms with E-state index in [0.29, 0.717) is 10.2 Å². The van der Waals surface area contributed by atoms with Crippen LogP contribution in [0.5, 0.6) is 0 Å². The van der Waals surface area contributed by atoms with Crippen molar-refractivity contribution in [2.45, 2.75) is 11.7 Å². The number of carboxylic acids is 1. The molecule has 0 radical (unpaired) electrons. The monoisotopic (exact) mass is 313 g/mol. The van der Waals surface area contributed by atoms with Crippen LogP contribution in [0.15, 0.2) is 21.4 Å². The molecule has 2 aromatic rings. The van der Waals surface area contributed by atoms with Gasteiger partial charge < -0.3 is 10.4 Å². The largest absolute Gasteiger partial charge is 0.481 e. The molecule has 2 N–H and O–H groups in total. The highest BCUT2D eigenvalue weighted by Gasteiger charge is 2.15. The number of hydrogen-bond acceptors (Lipinski definition) is 6. The molecule has 0 aliphatic heterocycles. The van der Waals surface area contributed by atoms with Gasteiger partial charge in [0, 0.05) is 7.05 Å². The standard InChI is InChI=1S/C11H11N3O4S2/c1-12-7(15)4-14-10(18)6-2-3-19-9(6)13-11(14)20-5-8(16)17/h2-3H,4-5H2,1H3,(H,12,15)(H,16,17). The Bertz CT molecular complexity index is 722. The highest BCUT2D eigenvalue weighted by molar-refractivity contribution is 7.99. The van der Waals surface area contributed by atoms with Gasteiger partial charge in [-0.15, -0.1) is 11.3 Å². The predicted molar refractivity (Wildman–Crippen MR) is 76.3 cm³/mol. The first-order valence-corrected chi connectivity index (χ1v) is 7.42. The van der Waals surface area contributed by atoms with Crippen LogP contribution >= 0.6 is 23.1 Å². The summed E-state index contributed by atoms with van der Waals surface area (Å²) in [6, 6.07) is 1.64. The van der Waals surface area contributed by atoms with Crippen LogP contribution in [0, 0.1) is 0 Å². The van der Waals surface area contributed by atoms with E-state index in [1.807, 2.05) is 0 Å². The molecule has 2 aromatic heterocycles. The van der Waals surface area contributed by atoms with Gasteiger partial charge >= 0.3 is 5.97 Å². The molecule has 7 nitrogen and oxygen atoms in total. The molecule has 2 rings (SSSR count). The summed E-state index contributed by atoms with van der Waals surface area (Å²) in [6.07, 6.45) is 0. The van der Waals surface area contributed by atoms with Gasteiger partial charge in [-0.1, -0.05) is 11.8 Å². The van der Waals surface area contributed by atoms with E-state index in [-0.39, 0.29) is 28.9 Å². The minimum atomic E-state index is -1.01. The van der Waals surface area contributed by atoms with Crippen molar-refractivity contribution < 1.29 is 14.7 Å². The maximum atomic E-state index is 12.3. The van der Waals surface area contributed by atoms with E-state index in [0.717, 1.165) is 11.8 Å². The Kier molecular flexibility index (Phi) is 4.40. The zero-order valence-corrected chi connectivity index (χ0v) is 12.1. The Balaban J connectivity index is 2.50. The molecule has 0 saturated heterocycles. The molecule has 20 heavy (non-hydrogen) atoms. The number of thiophene rings is 1. The molecular formula is C11H11N3O4S2. The summed E-state index contributed by atoms with van der Waals surface area (Å²) in [4.78, 5) is 39.2. The van der Waals surface area contributed by atoms with E-state index in [1.54, 1.807) is 11.4 Å². The van der Waals surface area contributed by atoms with Crippen molar-refractivity contribution in [1.29, 1.82) is 0 Å². The lowest BCUT2D eigenvalue weighted by Crippen LogP contribution is -2.31. The van der Waals surface area contributed by atoms with Crippen molar-refractivity contribution in [3.05, 3.63) is 21.8 Å². The first-order valence-electron chi connectivity index (χ1n) is 5.56. The van der Waals surface area contributed by atoms with E-state index in [2.05, 4.69) is 10.3 Å². The first-order chi connectivity index (χ1) is 9.52. The second kappa shape index (κ2) is 6.06. The van der Waals surface area contributed by atoms with Crippen LogP contribution in [0.4, 0.5) is 0 Å². The summed E-state index contributed by atoms with van der Waals surface area (Å²) in [5.74, 6) is -1.58. The van der Waals surface area contributed by atoms with E-state index in [4.69, 9.17) is 5.11 Å². The number of fused-ring (bicyclic) bond motifs is 1. The summed E-state index contributed by atoms with van der Waals surface area (Å²) in [5, 5.41) is 13.5. The summed E-state index contributed by atoms with van der Waals surface area (Å²) in [5.41, 5.74) is -0.340. The number of aliphatic carboxylic acids is 1. The van der Waals surface area contributed by atoms with Gasteiger partial charge in [-0.2, -0.15) is 0 Å². The van der Waals surface area contributed by atoms with Crippen molar-refractivity contribution in [1.82, 2.24) is 14.9 Å². The minimum Gasteiger partial charge on any atom is -0.481 e. The van der Waals surface area contributed by atoms with Gasteiger partial charge in [-0.05, 0) is 11.4 Å². The summed E-state index contributed by atoms with van der Waals surface area (Å²) in [7, 11) is 1.47. The lowest BCUT2D eigenvalue weighted by Gasteiger charge is -2.10. The summed E-state index contributed by atoms with van der Waals surface area (Å²) in [6.45, 7) is -0.184.